The summed E-state index contributed by atoms with van der Waals surface area (Å²) < 4.78 is 0. The Morgan fingerprint density at radius 1 is 1.50 bits per heavy atom. The SMILES string of the molecule is O=C(C1CC1)N1CCc2sccc2C1. The third kappa shape index (κ3) is 1.36. The first-order valence-electron chi connectivity index (χ1n) is 5.18. The summed E-state index contributed by atoms with van der Waals surface area (Å²) >= 11 is 1.83. The Labute approximate surface area is 87.5 Å². The van der Waals surface area contributed by atoms with E-state index >= 15 is 0 Å². The van der Waals surface area contributed by atoms with Crippen LogP contribution in [0.3, 0.4) is 0 Å². The van der Waals surface area contributed by atoms with Gasteiger partial charge in [-0.3, -0.25) is 4.79 Å². The van der Waals surface area contributed by atoms with Gasteiger partial charge < -0.3 is 4.90 Å². The van der Waals surface area contributed by atoms with Crippen LogP contribution in [0, 0.1) is 5.92 Å². The minimum Gasteiger partial charge on any atom is -0.338 e. The van der Waals surface area contributed by atoms with Gasteiger partial charge in [-0.2, -0.15) is 0 Å². The zero-order valence-electron chi connectivity index (χ0n) is 8.03. The number of rotatable bonds is 1. The Kier molecular flexibility index (Phi) is 1.87. The van der Waals surface area contributed by atoms with Crippen LogP contribution >= 0.6 is 11.3 Å². The molecule has 1 saturated carbocycles. The molecule has 3 rings (SSSR count). The Morgan fingerprint density at radius 2 is 2.36 bits per heavy atom. The van der Waals surface area contributed by atoms with Crippen LogP contribution in [0.2, 0.25) is 0 Å². The normalized spacial score (nSPS) is 20.7. The van der Waals surface area contributed by atoms with Gasteiger partial charge in [-0.15, -0.1) is 11.3 Å². The predicted octanol–water partition coefficient (Wildman–Crippen LogP) is 2.04. The second-order valence-electron chi connectivity index (χ2n) is 4.15. The van der Waals surface area contributed by atoms with E-state index in [4.69, 9.17) is 0 Å². The molecule has 14 heavy (non-hydrogen) atoms. The first-order chi connectivity index (χ1) is 6.84. The van der Waals surface area contributed by atoms with Crippen molar-refractivity contribution in [2.75, 3.05) is 6.54 Å². The molecule has 1 aliphatic carbocycles. The molecule has 74 valence electrons. The van der Waals surface area contributed by atoms with E-state index in [2.05, 4.69) is 11.4 Å². The maximum absolute atomic E-state index is 11.8. The van der Waals surface area contributed by atoms with Crippen LogP contribution in [-0.4, -0.2) is 17.4 Å². The highest BCUT2D eigenvalue weighted by Crippen LogP contribution is 2.33. The van der Waals surface area contributed by atoms with Crippen molar-refractivity contribution in [1.82, 2.24) is 4.90 Å². The van der Waals surface area contributed by atoms with Gasteiger partial charge in [-0.25, -0.2) is 0 Å². The number of amides is 1. The number of carbonyl (C=O) groups excluding carboxylic acids is 1. The Bertz CT molecular complexity index is 367. The van der Waals surface area contributed by atoms with E-state index in [0.29, 0.717) is 11.8 Å². The van der Waals surface area contributed by atoms with Crippen molar-refractivity contribution in [3.05, 3.63) is 21.9 Å². The van der Waals surface area contributed by atoms with E-state index in [9.17, 15) is 4.79 Å². The van der Waals surface area contributed by atoms with Crippen molar-refractivity contribution in [2.24, 2.45) is 5.92 Å². The van der Waals surface area contributed by atoms with Crippen LogP contribution in [0.25, 0.3) is 0 Å². The highest BCUT2D eigenvalue weighted by molar-refractivity contribution is 7.10. The fourth-order valence-corrected chi connectivity index (χ4v) is 2.91. The van der Waals surface area contributed by atoms with Crippen LogP contribution in [0.15, 0.2) is 11.4 Å². The number of fused-ring (bicyclic) bond motifs is 1. The van der Waals surface area contributed by atoms with Crippen LogP contribution in [0.1, 0.15) is 23.3 Å². The molecule has 0 saturated heterocycles. The van der Waals surface area contributed by atoms with Gasteiger partial charge in [0.15, 0.2) is 0 Å². The van der Waals surface area contributed by atoms with Crippen molar-refractivity contribution >= 4 is 17.2 Å². The number of hydrogen-bond donors (Lipinski definition) is 0. The molecule has 1 amide bonds. The van der Waals surface area contributed by atoms with E-state index < -0.39 is 0 Å². The fourth-order valence-electron chi connectivity index (χ4n) is 2.03. The minimum atomic E-state index is 0.371. The molecule has 2 heterocycles. The minimum absolute atomic E-state index is 0.371. The smallest absolute Gasteiger partial charge is 0.225 e. The van der Waals surface area contributed by atoms with Crippen molar-refractivity contribution in [2.45, 2.75) is 25.8 Å². The van der Waals surface area contributed by atoms with Gasteiger partial charge in [-0.1, -0.05) is 0 Å². The van der Waals surface area contributed by atoms with Gasteiger partial charge in [0.25, 0.3) is 0 Å². The molecule has 2 nitrogen and oxygen atoms in total. The molecule has 1 fully saturated rings. The highest BCUT2D eigenvalue weighted by Gasteiger charge is 2.34. The van der Waals surface area contributed by atoms with E-state index in [1.165, 1.54) is 10.4 Å². The monoisotopic (exact) mass is 207 g/mol. The number of hydrogen-bond acceptors (Lipinski definition) is 2. The van der Waals surface area contributed by atoms with E-state index in [0.717, 1.165) is 32.4 Å². The summed E-state index contributed by atoms with van der Waals surface area (Å²) in [7, 11) is 0. The Balaban J connectivity index is 1.77. The molecule has 1 aliphatic heterocycles. The summed E-state index contributed by atoms with van der Waals surface area (Å²) in [6.07, 6.45) is 3.29. The molecule has 0 aromatic carbocycles. The second-order valence-corrected chi connectivity index (χ2v) is 5.15. The molecule has 1 aromatic rings. The molecule has 2 aliphatic rings. The third-order valence-electron chi connectivity index (χ3n) is 3.05. The van der Waals surface area contributed by atoms with Gasteiger partial charge >= 0.3 is 0 Å². The fraction of sp³-hybridized carbons (Fsp3) is 0.545. The predicted molar refractivity (Wildman–Crippen MR) is 56.2 cm³/mol. The standard InChI is InChI=1S/C11H13NOS/c13-11(8-1-2-8)12-5-3-10-9(7-12)4-6-14-10/h4,6,8H,1-3,5,7H2. The molecule has 0 N–H and O–H groups in total. The maximum atomic E-state index is 11.8. The maximum Gasteiger partial charge on any atom is 0.225 e. The molecule has 3 heteroatoms. The van der Waals surface area contributed by atoms with Crippen molar-refractivity contribution in [3.63, 3.8) is 0 Å². The summed E-state index contributed by atoms with van der Waals surface area (Å²) in [6, 6.07) is 2.16. The van der Waals surface area contributed by atoms with Crippen molar-refractivity contribution < 1.29 is 4.79 Å². The lowest BCUT2D eigenvalue weighted by Crippen LogP contribution is -2.36. The number of thiophene rings is 1. The molecular weight excluding hydrogens is 194 g/mol. The lowest BCUT2D eigenvalue weighted by Gasteiger charge is -2.27. The van der Waals surface area contributed by atoms with E-state index in [-0.39, 0.29) is 0 Å². The van der Waals surface area contributed by atoms with Crippen LogP contribution in [-0.2, 0) is 17.8 Å². The lowest BCUT2D eigenvalue weighted by molar-refractivity contribution is -0.133. The summed E-state index contributed by atoms with van der Waals surface area (Å²) in [6.45, 7) is 1.79. The topological polar surface area (TPSA) is 20.3 Å². The number of carbonyl (C=O) groups is 1. The molecule has 0 unspecified atom stereocenters. The van der Waals surface area contributed by atoms with Gasteiger partial charge in [0.05, 0.1) is 0 Å². The zero-order valence-corrected chi connectivity index (χ0v) is 8.85. The molecule has 0 radical (unpaired) electrons. The second kappa shape index (κ2) is 3.09. The summed E-state index contributed by atoms with van der Waals surface area (Å²) in [5.41, 5.74) is 1.37. The van der Waals surface area contributed by atoms with Crippen molar-refractivity contribution in [1.29, 1.82) is 0 Å². The van der Waals surface area contributed by atoms with Crippen molar-refractivity contribution in [3.8, 4) is 0 Å². The third-order valence-corrected chi connectivity index (χ3v) is 4.07. The quantitative estimate of drug-likeness (QED) is 0.690. The van der Waals surface area contributed by atoms with Crippen LogP contribution in [0.4, 0.5) is 0 Å². The Morgan fingerprint density at radius 3 is 3.14 bits per heavy atom. The molecule has 0 atom stereocenters. The summed E-state index contributed by atoms with van der Waals surface area (Å²) in [5.74, 6) is 0.761. The van der Waals surface area contributed by atoms with E-state index in [1.54, 1.807) is 0 Å². The highest BCUT2D eigenvalue weighted by atomic mass is 32.1. The van der Waals surface area contributed by atoms with E-state index in [1.807, 2.05) is 16.2 Å². The zero-order chi connectivity index (χ0) is 9.54. The average molecular weight is 207 g/mol. The lowest BCUT2D eigenvalue weighted by atomic mass is 10.1. The largest absolute Gasteiger partial charge is 0.338 e. The summed E-state index contributed by atoms with van der Waals surface area (Å²) in [4.78, 5) is 15.3. The van der Waals surface area contributed by atoms with Gasteiger partial charge in [-0.05, 0) is 36.3 Å². The first-order valence-corrected chi connectivity index (χ1v) is 6.06. The molecular formula is C11H13NOS. The number of nitrogens with zero attached hydrogens (tertiary/aromatic N) is 1. The molecule has 0 bridgehead atoms. The van der Waals surface area contributed by atoms with Gasteiger partial charge in [0.1, 0.15) is 0 Å². The first kappa shape index (κ1) is 8.48. The molecule has 0 spiro atoms. The van der Waals surface area contributed by atoms with Crippen LogP contribution in [0.5, 0.6) is 0 Å². The van der Waals surface area contributed by atoms with Gasteiger partial charge in [0.2, 0.25) is 5.91 Å². The van der Waals surface area contributed by atoms with Crippen LogP contribution < -0.4 is 0 Å². The summed E-state index contributed by atoms with van der Waals surface area (Å²) in [5, 5.41) is 2.13. The van der Waals surface area contributed by atoms with Gasteiger partial charge in [0, 0.05) is 23.9 Å². The Hall–Kier alpha value is -0.830. The molecule has 1 aromatic heterocycles. The average Bonchev–Trinajstić information content (AvgIpc) is 2.95.